The number of nitrogens with one attached hydrogen (secondary N) is 2. The lowest BCUT2D eigenvalue weighted by molar-refractivity contribution is 0.747. The summed E-state index contributed by atoms with van der Waals surface area (Å²) in [5.74, 6) is 1.73. The smallest absolute Gasteiger partial charge is 0.190 e. The second-order valence-electron chi connectivity index (χ2n) is 5.38. The van der Waals surface area contributed by atoms with Gasteiger partial charge in [0, 0.05) is 11.3 Å². The van der Waals surface area contributed by atoms with Gasteiger partial charge >= 0.3 is 0 Å². The van der Waals surface area contributed by atoms with E-state index in [1.807, 2.05) is 30.3 Å². The van der Waals surface area contributed by atoms with E-state index in [4.69, 9.17) is 18.0 Å². The Labute approximate surface area is 150 Å². The highest BCUT2D eigenvalue weighted by Gasteiger charge is 2.16. The molecule has 0 saturated carbocycles. The van der Waals surface area contributed by atoms with Gasteiger partial charge in [0.05, 0.1) is 5.69 Å². The van der Waals surface area contributed by atoms with Gasteiger partial charge in [-0.05, 0) is 18.1 Å². The van der Waals surface area contributed by atoms with Gasteiger partial charge in [-0.25, -0.2) is 9.97 Å². The van der Waals surface area contributed by atoms with E-state index in [-0.39, 0.29) is 5.11 Å². The molecule has 124 valence electrons. The van der Waals surface area contributed by atoms with Crippen LogP contribution in [0.15, 0.2) is 35.5 Å². The molecule has 24 heavy (non-hydrogen) atoms. The first-order chi connectivity index (χ1) is 11.5. The third-order valence-corrected chi connectivity index (χ3v) is 4.27. The number of aromatic nitrogens is 2. The molecule has 0 fully saturated rings. The van der Waals surface area contributed by atoms with E-state index in [2.05, 4.69) is 40.7 Å². The minimum Gasteiger partial charge on any atom is -0.375 e. The van der Waals surface area contributed by atoms with Crippen molar-refractivity contribution < 1.29 is 0 Å². The highest BCUT2D eigenvalue weighted by molar-refractivity contribution is 7.99. The Morgan fingerprint density at radius 1 is 1.33 bits per heavy atom. The maximum atomic E-state index is 9.57. The monoisotopic (exact) mass is 358 g/mol. The molecule has 0 unspecified atom stereocenters. The van der Waals surface area contributed by atoms with E-state index in [1.54, 1.807) is 11.8 Å². The topological polar surface area (TPSA) is 99.6 Å². The van der Waals surface area contributed by atoms with Gasteiger partial charge in [0.15, 0.2) is 16.1 Å². The van der Waals surface area contributed by atoms with Crippen LogP contribution in [0.2, 0.25) is 0 Å². The van der Waals surface area contributed by atoms with E-state index in [9.17, 15) is 5.26 Å². The zero-order valence-corrected chi connectivity index (χ0v) is 15.0. The normalized spacial score (nSPS) is 10.2. The summed E-state index contributed by atoms with van der Waals surface area (Å²) in [4.78, 5) is 8.99. The summed E-state index contributed by atoms with van der Waals surface area (Å²) in [6.45, 7) is 4.25. The van der Waals surface area contributed by atoms with E-state index in [0.717, 1.165) is 11.3 Å². The first-order valence-corrected chi connectivity index (χ1v) is 8.72. The summed E-state index contributed by atoms with van der Waals surface area (Å²) in [6, 6.07) is 11.7. The quantitative estimate of drug-likeness (QED) is 0.314. The lowest BCUT2D eigenvalue weighted by atomic mass is 10.1. The lowest BCUT2D eigenvalue weighted by Gasteiger charge is -2.13. The largest absolute Gasteiger partial charge is 0.375 e. The molecule has 1 aromatic carbocycles. The standard InChI is InChI=1S/C16H18N6S2/c1-10(2)9-24-16-19-13(11-6-4-3-5-7-11)12(8-17)14(20-16)21-22-15(18)23/h3-7,10H,9H2,1-2H3,(H3,18,22,23)(H,19,20,21). The Balaban J connectivity index is 2.49. The Kier molecular flexibility index (Phi) is 6.35. The highest BCUT2D eigenvalue weighted by Crippen LogP contribution is 2.29. The summed E-state index contributed by atoms with van der Waals surface area (Å²) >= 11 is 6.33. The average Bonchev–Trinajstić information content (AvgIpc) is 2.58. The zero-order chi connectivity index (χ0) is 17.5. The van der Waals surface area contributed by atoms with Crippen LogP contribution in [0.4, 0.5) is 5.82 Å². The molecule has 0 amide bonds. The summed E-state index contributed by atoms with van der Waals surface area (Å²) in [5.41, 5.74) is 12.6. The van der Waals surface area contributed by atoms with Gasteiger partial charge in [-0.15, -0.1) is 0 Å². The summed E-state index contributed by atoms with van der Waals surface area (Å²) in [5, 5.41) is 10.2. The minimum atomic E-state index is 0.0650. The van der Waals surface area contributed by atoms with Gasteiger partial charge in [0.1, 0.15) is 11.6 Å². The molecule has 4 N–H and O–H groups in total. The van der Waals surface area contributed by atoms with Gasteiger partial charge in [-0.3, -0.25) is 10.9 Å². The molecule has 0 radical (unpaired) electrons. The van der Waals surface area contributed by atoms with Crippen LogP contribution in [-0.4, -0.2) is 20.8 Å². The van der Waals surface area contributed by atoms with Crippen LogP contribution in [0, 0.1) is 17.2 Å². The SMILES string of the molecule is CC(C)CSc1nc(NNC(N)=S)c(C#N)c(-c2ccccc2)n1. The fourth-order valence-electron chi connectivity index (χ4n) is 1.87. The molecule has 0 spiro atoms. The third kappa shape index (κ3) is 4.81. The van der Waals surface area contributed by atoms with E-state index >= 15 is 0 Å². The number of nitrogens with two attached hydrogens (primary N) is 1. The number of hydrogen-bond donors (Lipinski definition) is 3. The molecule has 0 aliphatic rings. The third-order valence-electron chi connectivity index (χ3n) is 2.90. The second-order valence-corrected chi connectivity index (χ2v) is 6.80. The molecule has 2 rings (SSSR count). The molecule has 0 atom stereocenters. The van der Waals surface area contributed by atoms with E-state index < -0.39 is 0 Å². The van der Waals surface area contributed by atoms with Crippen molar-refractivity contribution in [3.05, 3.63) is 35.9 Å². The summed E-state index contributed by atoms with van der Waals surface area (Å²) in [7, 11) is 0. The molecular formula is C16H18N6S2. The van der Waals surface area contributed by atoms with Crippen molar-refractivity contribution in [2.75, 3.05) is 11.2 Å². The fraction of sp³-hybridized carbons (Fsp3) is 0.250. The Morgan fingerprint density at radius 2 is 2.04 bits per heavy atom. The van der Waals surface area contributed by atoms with Crippen LogP contribution in [0.25, 0.3) is 11.3 Å². The number of anilines is 1. The minimum absolute atomic E-state index is 0.0650. The summed E-state index contributed by atoms with van der Waals surface area (Å²) in [6.07, 6.45) is 0. The molecule has 0 aliphatic carbocycles. The number of benzene rings is 1. The van der Waals surface area contributed by atoms with Crippen molar-refractivity contribution in [1.82, 2.24) is 15.4 Å². The van der Waals surface area contributed by atoms with Crippen molar-refractivity contribution >= 4 is 34.9 Å². The van der Waals surface area contributed by atoms with Gasteiger partial charge < -0.3 is 5.73 Å². The van der Waals surface area contributed by atoms with Crippen molar-refractivity contribution in [2.24, 2.45) is 11.7 Å². The van der Waals surface area contributed by atoms with E-state index in [0.29, 0.717) is 28.1 Å². The van der Waals surface area contributed by atoms with Crippen LogP contribution in [0.5, 0.6) is 0 Å². The first-order valence-electron chi connectivity index (χ1n) is 7.33. The van der Waals surface area contributed by atoms with Gasteiger partial charge in [0.2, 0.25) is 0 Å². The predicted molar refractivity (Wildman–Crippen MR) is 101 cm³/mol. The zero-order valence-electron chi connectivity index (χ0n) is 13.4. The number of thioether (sulfide) groups is 1. The van der Waals surface area contributed by atoms with Crippen molar-refractivity contribution in [3.63, 3.8) is 0 Å². The number of hydrazine groups is 1. The fourth-order valence-corrected chi connectivity index (χ4v) is 2.71. The number of rotatable bonds is 6. The molecule has 2 aromatic rings. The Bertz CT molecular complexity index is 755. The molecule has 0 aliphatic heterocycles. The molecule has 0 bridgehead atoms. The second kappa shape index (κ2) is 8.47. The Morgan fingerprint density at radius 3 is 2.62 bits per heavy atom. The van der Waals surface area contributed by atoms with Crippen molar-refractivity contribution in [3.8, 4) is 17.3 Å². The number of thiocarbonyl (C=S) groups is 1. The van der Waals surface area contributed by atoms with Gasteiger partial charge in [0.25, 0.3) is 0 Å². The van der Waals surface area contributed by atoms with Gasteiger partial charge in [-0.2, -0.15) is 5.26 Å². The maximum absolute atomic E-state index is 9.57. The lowest BCUT2D eigenvalue weighted by Crippen LogP contribution is -2.34. The van der Waals surface area contributed by atoms with Crippen LogP contribution < -0.4 is 16.6 Å². The predicted octanol–water partition coefficient (Wildman–Crippen LogP) is 2.92. The molecule has 8 heteroatoms. The summed E-state index contributed by atoms with van der Waals surface area (Å²) < 4.78 is 0. The molecule has 1 heterocycles. The average molecular weight is 358 g/mol. The number of hydrogen-bond acceptors (Lipinski definition) is 6. The molecular weight excluding hydrogens is 340 g/mol. The number of nitriles is 1. The molecule has 0 saturated heterocycles. The maximum Gasteiger partial charge on any atom is 0.190 e. The van der Waals surface area contributed by atoms with Crippen molar-refractivity contribution in [1.29, 1.82) is 5.26 Å². The van der Waals surface area contributed by atoms with Crippen LogP contribution in [0.3, 0.4) is 0 Å². The van der Waals surface area contributed by atoms with Crippen molar-refractivity contribution in [2.45, 2.75) is 19.0 Å². The van der Waals surface area contributed by atoms with Crippen LogP contribution in [0.1, 0.15) is 19.4 Å². The number of nitrogens with zero attached hydrogens (tertiary/aromatic N) is 3. The highest BCUT2D eigenvalue weighted by atomic mass is 32.2. The van der Waals surface area contributed by atoms with Crippen LogP contribution in [-0.2, 0) is 0 Å². The van der Waals surface area contributed by atoms with E-state index in [1.165, 1.54) is 0 Å². The molecule has 1 aromatic heterocycles. The van der Waals surface area contributed by atoms with Crippen LogP contribution >= 0.6 is 24.0 Å². The first kappa shape index (κ1) is 18.0. The Hall–Kier alpha value is -2.37. The molecule has 6 nitrogen and oxygen atoms in total. The van der Waals surface area contributed by atoms with Gasteiger partial charge in [-0.1, -0.05) is 55.9 Å².